The van der Waals surface area contributed by atoms with Crippen molar-refractivity contribution in [2.45, 2.75) is 96.8 Å². The molecule has 0 heterocycles. The number of aromatic carboxylic acids is 1. The van der Waals surface area contributed by atoms with Crippen LogP contribution in [0.1, 0.15) is 105 Å². The van der Waals surface area contributed by atoms with Gasteiger partial charge in [0.25, 0.3) is 0 Å². The van der Waals surface area contributed by atoms with Crippen molar-refractivity contribution in [2.24, 2.45) is 5.92 Å². The number of carboxylic acid groups (broad SMARTS) is 1. The zero-order chi connectivity index (χ0) is 17.9. The molecule has 0 aromatic heterocycles. The lowest BCUT2D eigenvalue weighted by molar-refractivity contribution is 0.0696. The third-order valence-corrected chi connectivity index (χ3v) is 5.75. The lowest BCUT2D eigenvalue weighted by Crippen LogP contribution is -2.15. The van der Waals surface area contributed by atoms with Gasteiger partial charge in [0, 0.05) is 0 Å². The van der Waals surface area contributed by atoms with Gasteiger partial charge in [0.2, 0.25) is 0 Å². The molecule has 25 heavy (non-hydrogen) atoms. The van der Waals surface area contributed by atoms with Crippen LogP contribution >= 0.6 is 0 Å². The molecule has 1 aromatic rings. The molecule has 1 N–H and O–H groups in total. The SMILES string of the molecule is CCCCCCCCCCCCC1CCc2cc(C(=O)O)ccc2C1. The Morgan fingerprint density at radius 1 is 0.960 bits per heavy atom. The Balaban J connectivity index is 1.55. The monoisotopic (exact) mass is 344 g/mol. The smallest absolute Gasteiger partial charge is 0.335 e. The molecule has 1 aromatic carbocycles. The Bertz CT molecular complexity index is 521. The van der Waals surface area contributed by atoms with E-state index in [1.165, 1.54) is 88.2 Å². The van der Waals surface area contributed by atoms with Crippen LogP contribution in [0.3, 0.4) is 0 Å². The van der Waals surface area contributed by atoms with Crippen molar-refractivity contribution in [1.29, 1.82) is 0 Å². The molecule has 2 heteroatoms. The van der Waals surface area contributed by atoms with E-state index >= 15 is 0 Å². The van der Waals surface area contributed by atoms with Crippen LogP contribution in [0.4, 0.5) is 0 Å². The lowest BCUT2D eigenvalue weighted by atomic mass is 9.81. The summed E-state index contributed by atoms with van der Waals surface area (Å²) in [6, 6.07) is 5.70. The number of carboxylic acids is 1. The van der Waals surface area contributed by atoms with Crippen molar-refractivity contribution < 1.29 is 9.90 Å². The van der Waals surface area contributed by atoms with E-state index < -0.39 is 5.97 Å². The van der Waals surface area contributed by atoms with E-state index in [2.05, 4.69) is 6.92 Å². The average molecular weight is 345 g/mol. The molecule has 0 spiro atoms. The third kappa shape index (κ3) is 7.22. The van der Waals surface area contributed by atoms with Crippen molar-refractivity contribution in [3.05, 3.63) is 34.9 Å². The van der Waals surface area contributed by atoms with Crippen LogP contribution in [0.25, 0.3) is 0 Å². The van der Waals surface area contributed by atoms with Gasteiger partial charge < -0.3 is 5.11 Å². The van der Waals surface area contributed by atoms with Gasteiger partial charge >= 0.3 is 5.97 Å². The molecular weight excluding hydrogens is 308 g/mol. The summed E-state index contributed by atoms with van der Waals surface area (Å²) < 4.78 is 0. The zero-order valence-corrected chi connectivity index (χ0v) is 16.1. The summed E-state index contributed by atoms with van der Waals surface area (Å²) in [5, 5.41) is 9.10. The van der Waals surface area contributed by atoms with Gasteiger partial charge in [-0.1, -0.05) is 83.6 Å². The van der Waals surface area contributed by atoms with E-state index in [1.54, 1.807) is 6.07 Å². The third-order valence-electron chi connectivity index (χ3n) is 5.75. The van der Waals surface area contributed by atoms with E-state index in [1.807, 2.05) is 12.1 Å². The molecule has 2 rings (SSSR count). The molecule has 0 amide bonds. The van der Waals surface area contributed by atoms with Crippen LogP contribution in [0, 0.1) is 5.92 Å². The highest BCUT2D eigenvalue weighted by atomic mass is 16.4. The van der Waals surface area contributed by atoms with Gasteiger partial charge in [0.05, 0.1) is 5.56 Å². The van der Waals surface area contributed by atoms with Gasteiger partial charge in [-0.3, -0.25) is 0 Å². The first-order chi connectivity index (χ1) is 12.2. The maximum atomic E-state index is 11.1. The summed E-state index contributed by atoms with van der Waals surface area (Å²) in [7, 11) is 0. The van der Waals surface area contributed by atoms with Crippen molar-refractivity contribution in [1.82, 2.24) is 0 Å². The molecular formula is C23H36O2. The van der Waals surface area contributed by atoms with Crippen molar-refractivity contribution in [3.8, 4) is 0 Å². The van der Waals surface area contributed by atoms with Crippen LogP contribution in [0.15, 0.2) is 18.2 Å². The minimum absolute atomic E-state index is 0.437. The number of aryl methyl sites for hydroxylation is 1. The van der Waals surface area contributed by atoms with E-state index in [-0.39, 0.29) is 0 Å². The standard InChI is InChI=1S/C23H36O2/c1-2-3-4-5-6-7-8-9-10-11-12-19-13-14-21-18-22(23(24)25)16-15-20(21)17-19/h15-16,18-19H,2-14,17H2,1H3,(H,24,25). The first-order valence-electron chi connectivity index (χ1n) is 10.6. The van der Waals surface area contributed by atoms with Crippen molar-refractivity contribution in [2.75, 3.05) is 0 Å². The predicted molar refractivity (Wildman–Crippen MR) is 105 cm³/mol. The second-order valence-electron chi connectivity index (χ2n) is 7.87. The van der Waals surface area contributed by atoms with Gasteiger partial charge in [-0.25, -0.2) is 4.79 Å². The average Bonchev–Trinajstić information content (AvgIpc) is 2.62. The number of hydrogen-bond donors (Lipinski definition) is 1. The van der Waals surface area contributed by atoms with E-state index in [0.29, 0.717) is 5.56 Å². The predicted octanol–water partition coefficient (Wildman–Crippen LogP) is 6.80. The van der Waals surface area contributed by atoms with Crippen LogP contribution < -0.4 is 0 Å². The van der Waals surface area contributed by atoms with Crippen molar-refractivity contribution in [3.63, 3.8) is 0 Å². The molecule has 0 saturated carbocycles. The van der Waals surface area contributed by atoms with Gasteiger partial charge in [0.15, 0.2) is 0 Å². The van der Waals surface area contributed by atoms with E-state index in [9.17, 15) is 4.79 Å². The number of unbranched alkanes of at least 4 members (excludes halogenated alkanes) is 9. The summed E-state index contributed by atoms with van der Waals surface area (Å²) in [6.07, 6.45) is 18.8. The van der Waals surface area contributed by atoms with Crippen LogP contribution in [-0.2, 0) is 12.8 Å². The van der Waals surface area contributed by atoms with Crippen LogP contribution in [-0.4, -0.2) is 11.1 Å². The van der Waals surface area contributed by atoms with Gasteiger partial charge in [-0.15, -0.1) is 0 Å². The van der Waals surface area contributed by atoms with Gasteiger partial charge in [-0.05, 0) is 48.4 Å². The molecule has 2 nitrogen and oxygen atoms in total. The first kappa shape index (κ1) is 20.0. The molecule has 140 valence electrons. The molecule has 1 unspecified atom stereocenters. The first-order valence-corrected chi connectivity index (χ1v) is 10.6. The number of carbonyl (C=O) groups is 1. The fraction of sp³-hybridized carbons (Fsp3) is 0.696. The Hall–Kier alpha value is -1.31. The zero-order valence-electron chi connectivity index (χ0n) is 16.1. The molecule has 0 aliphatic heterocycles. The molecule has 1 aliphatic rings. The highest BCUT2D eigenvalue weighted by Gasteiger charge is 2.19. The van der Waals surface area contributed by atoms with Crippen LogP contribution in [0.2, 0.25) is 0 Å². The Labute approximate surface area is 154 Å². The van der Waals surface area contributed by atoms with Gasteiger partial charge in [-0.2, -0.15) is 0 Å². The molecule has 1 aliphatic carbocycles. The largest absolute Gasteiger partial charge is 0.478 e. The topological polar surface area (TPSA) is 37.3 Å². The normalized spacial score (nSPS) is 16.6. The van der Waals surface area contributed by atoms with Gasteiger partial charge in [0.1, 0.15) is 0 Å². The fourth-order valence-electron chi connectivity index (χ4n) is 4.13. The highest BCUT2D eigenvalue weighted by Crippen LogP contribution is 2.29. The summed E-state index contributed by atoms with van der Waals surface area (Å²) in [5.74, 6) is -0.00694. The Kier molecular flexibility index (Phi) is 9.07. The summed E-state index contributed by atoms with van der Waals surface area (Å²) in [6.45, 7) is 2.28. The molecule has 1 atom stereocenters. The molecule has 0 radical (unpaired) electrons. The number of hydrogen-bond acceptors (Lipinski definition) is 1. The summed E-state index contributed by atoms with van der Waals surface area (Å²) in [4.78, 5) is 11.1. The fourth-order valence-corrected chi connectivity index (χ4v) is 4.13. The lowest BCUT2D eigenvalue weighted by Gasteiger charge is -2.25. The minimum atomic E-state index is -0.810. The summed E-state index contributed by atoms with van der Waals surface area (Å²) in [5.41, 5.74) is 3.08. The maximum absolute atomic E-state index is 11.1. The second kappa shape index (κ2) is 11.3. The van der Waals surface area contributed by atoms with Crippen molar-refractivity contribution >= 4 is 5.97 Å². The maximum Gasteiger partial charge on any atom is 0.335 e. The number of fused-ring (bicyclic) bond motifs is 1. The second-order valence-corrected chi connectivity index (χ2v) is 7.87. The van der Waals surface area contributed by atoms with E-state index in [4.69, 9.17) is 5.11 Å². The molecule has 0 saturated heterocycles. The Morgan fingerprint density at radius 3 is 2.24 bits per heavy atom. The number of benzene rings is 1. The highest BCUT2D eigenvalue weighted by molar-refractivity contribution is 5.87. The minimum Gasteiger partial charge on any atom is -0.478 e. The summed E-state index contributed by atoms with van der Waals surface area (Å²) >= 11 is 0. The van der Waals surface area contributed by atoms with E-state index in [0.717, 1.165) is 18.8 Å². The number of rotatable bonds is 12. The molecule has 0 fully saturated rings. The molecule has 0 bridgehead atoms. The van der Waals surface area contributed by atoms with Crippen LogP contribution in [0.5, 0.6) is 0 Å². The quantitative estimate of drug-likeness (QED) is 0.423. The Morgan fingerprint density at radius 2 is 1.60 bits per heavy atom.